The van der Waals surface area contributed by atoms with Gasteiger partial charge in [-0.25, -0.2) is 0 Å². The molecule has 1 aliphatic heterocycles. The van der Waals surface area contributed by atoms with Gasteiger partial charge in [-0.2, -0.15) is 0 Å². The number of esters is 1. The maximum Gasteiger partial charge on any atom is 0.308 e. The molecule has 1 aromatic heterocycles. The quantitative estimate of drug-likeness (QED) is 0.0292. The molecule has 2 rings (SSSR count). The van der Waals surface area contributed by atoms with E-state index >= 15 is 0 Å². The molecular formula is C54H98N4O5S. The second kappa shape index (κ2) is 41.8. The largest absolute Gasteiger partial charge is 0.465 e. The van der Waals surface area contributed by atoms with E-state index in [0.29, 0.717) is 31.6 Å². The van der Waals surface area contributed by atoms with Crippen molar-refractivity contribution in [2.45, 2.75) is 233 Å². The van der Waals surface area contributed by atoms with Crippen molar-refractivity contribution in [3.8, 4) is 0 Å². The Labute approximate surface area is 397 Å². The Hall–Kier alpha value is -2.56. The van der Waals surface area contributed by atoms with Gasteiger partial charge in [0.25, 0.3) is 5.91 Å². The first-order valence-electron chi connectivity index (χ1n) is 26.5. The van der Waals surface area contributed by atoms with Gasteiger partial charge in [0.1, 0.15) is 11.3 Å². The Morgan fingerprint density at radius 1 is 0.703 bits per heavy atom. The van der Waals surface area contributed by atoms with E-state index in [0.717, 1.165) is 107 Å². The number of rotatable bonds is 40. The highest BCUT2D eigenvalue weighted by molar-refractivity contribution is 7.17. The number of aldehydes is 1. The highest BCUT2D eigenvalue weighted by Crippen LogP contribution is 2.37. The smallest absolute Gasteiger partial charge is 0.308 e. The molecule has 0 saturated carbocycles. The van der Waals surface area contributed by atoms with E-state index in [4.69, 9.17) is 4.74 Å². The molecule has 0 spiro atoms. The topological polar surface area (TPSA) is 108 Å². The van der Waals surface area contributed by atoms with Gasteiger partial charge in [-0.1, -0.05) is 148 Å². The van der Waals surface area contributed by atoms with Gasteiger partial charge in [-0.05, 0) is 110 Å². The number of hydrogen-bond acceptors (Lipinski definition) is 8. The lowest BCUT2D eigenvalue weighted by molar-refractivity contribution is -0.149. The van der Waals surface area contributed by atoms with Crippen LogP contribution in [0.1, 0.15) is 241 Å². The maximum atomic E-state index is 13.1. The number of carbonyl (C=O) groups is 4. The molecule has 1 atom stereocenters. The molecule has 2 N–H and O–H groups in total. The van der Waals surface area contributed by atoms with Crippen molar-refractivity contribution in [3.05, 3.63) is 28.2 Å². The molecule has 0 radical (unpaired) electrons. The molecule has 1 unspecified atom stereocenters. The number of ether oxygens (including phenoxy) is 1. The fourth-order valence-corrected chi connectivity index (χ4v) is 9.60. The summed E-state index contributed by atoms with van der Waals surface area (Å²) in [7, 11) is 6.18. The Balaban J connectivity index is 0.000000709. The average Bonchev–Trinajstić information content (AvgIpc) is 3.63. The van der Waals surface area contributed by atoms with Gasteiger partial charge in [0.2, 0.25) is 5.91 Å². The number of amides is 2. The molecule has 2 amide bonds. The van der Waals surface area contributed by atoms with Crippen LogP contribution in [-0.2, 0) is 32.1 Å². The van der Waals surface area contributed by atoms with Crippen LogP contribution in [0.4, 0.5) is 5.00 Å². The van der Waals surface area contributed by atoms with Crippen molar-refractivity contribution < 1.29 is 23.9 Å². The lowest BCUT2D eigenvalue weighted by Crippen LogP contribution is -2.30. The molecule has 0 aliphatic carbocycles. The van der Waals surface area contributed by atoms with Gasteiger partial charge in [-0.15, -0.1) is 11.3 Å². The monoisotopic (exact) mass is 915 g/mol. The summed E-state index contributed by atoms with van der Waals surface area (Å²) in [4.78, 5) is 54.2. The number of hydrogen-bond donors (Lipinski definition) is 2. The van der Waals surface area contributed by atoms with Crippen molar-refractivity contribution in [1.82, 2.24) is 15.1 Å². The first-order valence-corrected chi connectivity index (χ1v) is 27.3. The predicted molar refractivity (Wildman–Crippen MR) is 274 cm³/mol. The van der Waals surface area contributed by atoms with E-state index < -0.39 is 0 Å². The number of carbonyl (C=O) groups excluding carboxylic acids is 4. The minimum Gasteiger partial charge on any atom is -0.465 e. The van der Waals surface area contributed by atoms with Crippen LogP contribution in [0.15, 0.2) is 12.2 Å². The van der Waals surface area contributed by atoms with Gasteiger partial charge < -0.3 is 30.0 Å². The highest BCUT2D eigenvalue weighted by atomic mass is 32.1. The van der Waals surface area contributed by atoms with Crippen LogP contribution in [0.5, 0.6) is 0 Å². The van der Waals surface area contributed by atoms with E-state index in [1.807, 2.05) is 14.1 Å². The highest BCUT2D eigenvalue weighted by Gasteiger charge is 2.27. The summed E-state index contributed by atoms with van der Waals surface area (Å²) >= 11 is 1.58. The average molecular weight is 915 g/mol. The van der Waals surface area contributed by atoms with E-state index in [1.54, 1.807) is 11.3 Å². The zero-order valence-corrected chi connectivity index (χ0v) is 43.1. The summed E-state index contributed by atoms with van der Waals surface area (Å²) in [6.07, 6.45) is 42.0. The third-order valence-electron chi connectivity index (χ3n) is 12.3. The van der Waals surface area contributed by atoms with Crippen LogP contribution in [-0.4, -0.2) is 81.3 Å². The molecule has 0 aromatic carbocycles. The van der Waals surface area contributed by atoms with Gasteiger partial charge >= 0.3 is 5.97 Å². The minimum atomic E-state index is -0.0490. The van der Waals surface area contributed by atoms with E-state index in [-0.39, 0.29) is 23.7 Å². The molecule has 370 valence electrons. The number of unbranched alkanes of at least 4 members (excludes halogenated alkanes) is 22. The van der Waals surface area contributed by atoms with Gasteiger partial charge in [0.05, 0.1) is 18.1 Å². The fraction of sp³-hybridized carbons (Fsp3) is 0.815. The van der Waals surface area contributed by atoms with E-state index in [9.17, 15) is 19.2 Å². The standard InChI is InChI=1S/C32H56N4O2S.C22H42O3/c1-5-6-7-8-9-10-11-12-13-14-15-16-17-18-19-21-29(37)34-32-30(31(38)33-23-20-24-35(2)3)27-22-25-36(4)26-28(27)39-32;1-3-5-7-9-10-14-18-21(17-13-8-6-4-2)22(24)25-20-16-12-11-15-19-23/h12-13H,5-11,14-26H2,1-4H3,(H,33,38)(H,34,37);19,21H,3-18,20H2,1-2H3/b13-12-;. The van der Waals surface area contributed by atoms with Crippen LogP contribution < -0.4 is 10.6 Å². The van der Waals surface area contributed by atoms with E-state index in [1.165, 1.54) is 127 Å². The zero-order chi connectivity index (χ0) is 46.9. The van der Waals surface area contributed by atoms with Crippen molar-refractivity contribution in [1.29, 1.82) is 0 Å². The zero-order valence-electron chi connectivity index (χ0n) is 42.3. The van der Waals surface area contributed by atoms with Crippen molar-refractivity contribution in [2.24, 2.45) is 5.92 Å². The van der Waals surface area contributed by atoms with Crippen LogP contribution in [0, 0.1) is 5.92 Å². The summed E-state index contributed by atoms with van der Waals surface area (Å²) < 4.78 is 5.51. The summed E-state index contributed by atoms with van der Waals surface area (Å²) in [5.41, 5.74) is 1.82. The second-order valence-electron chi connectivity index (χ2n) is 18.8. The van der Waals surface area contributed by atoms with Crippen LogP contribution in [0.25, 0.3) is 0 Å². The molecule has 1 aliphatic rings. The number of fused-ring (bicyclic) bond motifs is 1. The Morgan fingerprint density at radius 2 is 1.23 bits per heavy atom. The SMILES string of the molecule is CCCCCCCC/C=C\CCCCCCCC(=O)Nc1sc2c(c1C(=O)NCCCN(C)C)CCN(C)C2.CCCCCCCCC(CCCCCC)C(=O)OCCCCCC=O. The van der Waals surface area contributed by atoms with Gasteiger partial charge in [0.15, 0.2) is 0 Å². The number of likely N-dealkylation sites (N-methyl/N-ethyl adjacent to an activating group) is 1. The third-order valence-corrected chi connectivity index (χ3v) is 13.4. The van der Waals surface area contributed by atoms with Crippen LogP contribution in [0.3, 0.4) is 0 Å². The van der Waals surface area contributed by atoms with Gasteiger partial charge in [0, 0.05) is 37.4 Å². The van der Waals surface area contributed by atoms with Gasteiger partial charge in [-0.3, -0.25) is 14.4 Å². The van der Waals surface area contributed by atoms with Crippen molar-refractivity contribution in [3.63, 3.8) is 0 Å². The number of allylic oxidation sites excluding steroid dienone is 2. The number of nitrogens with zero attached hydrogens (tertiary/aromatic N) is 2. The fourth-order valence-electron chi connectivity index (χ4n) is 8.26. The summed E-state index contributed by atoms with van der Waals surface area (Å²) in [6.45, 7) is 10.6. The van der Waals surface area contributed by atoms with Crippen molar-refractivity contribution >= 4 is 40.4 Å². The van der Waals surface area contributed by atoms with Crippen LogP contribution in [0.2, 0.25) is 0 Å². The number of nitrogens with one attached hydrogen (secondary N) is 2. The van der Waals surface area contributed by atoms with Crippen LogP contribution >= 0.6 is 11.3 Å². The van der Waals surface area contributed by atoms with E-state index in [2.05, 4.69) is 60.4 Å². The maximum absolute atomic E-state index is 13.1. The Morgan fingerprint density at radius 3 is 1.83 bits per heavy atom. The normalized spacial score (nSPS) is 13.1. The molecule has 0 saturated heterocycles. The first-order chi connectivity index (χ1) is 31.2. The lowest BCUT2D eigenvalue weighted by Gasteiger charge is -2.22. The summed E-state index contributed by atoms with van der Waals surface area (Å²) in [6, 6.07) is 0. The minimum absolute atomic E-state index is 0.0143. The van der Waals surface area contributed by atoms with Crippen molar-refractivity contribution in [2.75, 3.05) is 52.7 Å². The lowest BCUT2D eigenvalue weighted by atomic mass is 9.94. The molecule has 0 fully saturated rings. The molecular weight excluding hydrogens is 817 g/mol. The molecule has 0 bridgehead atoms. The molecule has 2 heterocycles. The third kappa shape index (κ3) is 31.4. The predicted octanol–water partition coefficient (Wildman–Crippen LogP) is 14.0. The number of thiophene rings is 1. The second-order valence-corrected chi connectivity index (χ2v) is 19.9. The summed E-state index contributed by atoms with van der Waals surface area (Å²) in [5, 5.41) is 6.93. The molecule has 10 heteroatoms. The molecule has 64 heavy (non-hydrogen) atoms. The molecule has 9 nitrogen and oxygen atoms in total. The summed E-state index contributed by atoms with van der Waals surface area (Å²) in [5.74, 6) is 0.0896. The Kier molecular flexibility index (Phi) is 38.9. The number of anilines is 1. The Bertz CT molecular complexity index is 1350. The molecule has 1 aromatic rings. The first kappa shape index (κ1) is 59.5.